The number of hydrogen-bond acceptors (Lipinski definition) is 4. The molecule has 2 N–H and O–H groups in total. The van der Waals surface area contributed by atoms with Crippen LogP contribution in [0.4, 0.5) is 0 Å². The molecule has 0 fully saturated rings. The van der Waals surface area contributed by atoms with Crippen LogP contribution in [-0.2, 0) is 14.3 Å². The van der Waals surface area contributed by atoms with E-state index in [2.05, 4.69) is 160 Å². The molecule has 0 aromatic heterocycles. The minimum absolute atomic E-state index is 0. The second-order valence-corrected chi connectivity index (χ2v) is 15.4. The Labute approximate surface area is 419 Å². The van der Waals surface area contributed by atoms with Crippen LogP contribution in [0.3, 0.4) is 0 Å². The third-order valence-corrected chi connectivity index (χ3v) is 8.95. The van der Waals surface area contributed by atoms with Crippen molar-refractivity contribution in [2.24, 2.45) is 10.8 Å². The van der Waals surface area contributed by atoms with Gasteiger partial charge in [0.25, 0.3) is 0 Å². The molecule has 0 aliphatic rings. The molecule has 0 saturated heterocycles. The first-order chi connectivity index (χ1) is 28.0. The van der Waals surface area contributed by atoms with Gasteiger partial charge < -0.3 is 15.3 Å². The minimum Gasteiger partial charge on any atom is -0.870 e. The van der Waals surface area contributed by atoms with Crippen molar-refractivity contribution in [2.75, 3.05) is 6.61 Å². The van der Waals surface area contributed by atoms with E-state index in [4.69, 9.17) is 9.84 Å². The van der Waals surface area contributed by atoms with Gasteiger partial charge in [-0.1, -0.05) is 167 Å². The van der Waals surface area contributed by atoms with Gasteiger partial charge in [0.05, 0.1) is 17.4 Å². The molecule has 0 bridgehead atoms. The minimum atomic E-state index is -0.713. The number of aliphatic carboxylic acids is 1. The van der Waals surface area contributed by atoms with E-state index in [-0.39, 0.29) is 75.7 Å². The second-order valence-electron chi connectivity index (χ2n) is 15.4. The molecular weight excluding hydrogens is 780 g/mol. The SMILES string of the molecule is C.CC/C=C\C/C=C\C/C=C\C/C=C\C/C=C\C/C=C\CCCC(C)(C)C(=O)O.CC/C=C\C/C=C\C/C=C\C/C=C\C/C=C\C/C=C\CCCC(C)(C)C(=O)OCC.[K+].[OH-]. The molecule has 0 unspecified atom stereocenters. The van der Waals surface area contributed by atoms with E-state index in [0.717, 1.165) is 109 Å². The summed E-state index contributed by atoms with van der Waals surface area (Å²) in [5.41, 5.74) is -0.994. The van der Waals surface area contributed by atoms with E-state index < -0.39 is 11.4 Å². The van der Waals surface area contributed by atoms with E-state index in [1.54, 1.807) is 13.8 Å². The Kier molecular flexibility index (Phi) is 57.3. The van der Waals surface area contributed by atoms with Crippen molar-refractivity contribution in [3.63, 3.8) is 0 Å². The smallest absolute Gasteiger partial charge is 0.870 e. The number of carbonyl (C=O) groups excluding carboxylic acids is 1. The van der Waals surface area contributed by atoms with Crippen LogP contribution in [0.2, 0.25) is 0 Å². The molecule has 0 aromatic rings. The van der Waals surface area contributed by atoms with Crippen molar-refractivity contribution in [2.45, 2.75) is 171 Å². The molecule has 0 amide bonds. The van der Waals surface area contributed by atoms with Crippen molar-refractivity contribution < 1.29 is 76.3 Å². The first kappa shape index (κ1) is 67.5. The number of carboxylic acid groups (broad SMARTS) is 1. The van der Waals surface area contributed by atoms with Gasteiger partial charge in [0.2, 0.25) is 0 Å². The van der Waals surface area contributed by atoms with Crippen molar-refractivity contribution in [1.82, 2.24) is 0 Å². The number of esters is 1. The first-order valence-corrected chi connectivity index (χ1v) is 22.3. The summed E-state index contributed by atoms with van der Waals surface area (Å²) in [7, 11) is 0. The number of ether oxygens (including phenoxy) is 1. The monoisotopic (exact) mass is 869 g/mol. The zero-order chi connectivity index (χ0) is 43.3. The Morgan fingerprint density at radius 1 is 0.426 bits per heavy atom. The second kappa shape index (κ2) is 51.8. The summed E-state index contributed by atoms with van der Waals surface area (Å²) in [6.07, 6.45) is 70.5. The van der Waals surface area contributed by atoms with Crippen LogP contribution in [0.15, 0.2) is 146 Å². The molecule has 0 atom stereocenters. The molecule has 0 aliphatic carbocycles. The van der Waals surface area contributed by atoms with E-state index in [1.807, 2.05) is 20.8 Å². The average Bonchev–Trinajstić information content (AvgIpc) is 3.19. The van der Waals surface area contributed by atoms with Crippen LogP contribution < -0.4 is 51.4 Å². The van der Waals surface area contributed by atoms with Crippen LogP contribution in [0.5, 0.6) is 0 Å². The van der Waals surface area contributed by atoms with Crippen LogP contribution in [0.25, 0.3) is 0 Å². The maximum Gasteiger partial charge on any atom is 1.00 e. The molecule has 0 aromatic carbocycles. The van der Waals surface area contributed by atoms with Gasteiger partial charge in [-0.3, -0.25) is 9.59 Å². The summed E-state index contributed by atoms with van der Waals surface area (Å²) >= 11 is 0. The molecule has 6 heteroatoms. The molecule has 61 heavy (non-hydrogen) atoms. The van der Waals surface area contributed by atoms with Crippen molar-refractivity contribution in [3.05, 3.63) is 146 Å². The molecule has 0 radical (unpaired) electrons. The van der Waals surface area contributed by atoms with Crippen LogP contribution >= 0.6 is 0 Å². The van der Waals surface area contributed by atoms with E-state index in [1.165, 1.54) is 0 Å². The molecule has 0 rings (SSSR count). The third-order valence-electron chi connectivity index (χ3n) is 8.95. The van der Waals surface area contributed by atoms with Gasteiger partial charge in [-0.15, -0.1) is 0 Å². The van der Waals surface area contributed by atoms with Gasteiger partial charge in [0.15, 0.2) is 0 Å². The zero-order valence-corrected chi connectivity index (χ0v) is 42.5. The Morgan fingerprint density at radius 3 is 0.885 bits per heavy atom. The van der Waals surface area contributed by atoms with E-state index in [0.29, 0.717) is 13.0 Å². The topological polar surface area (TPSA) is 93.6 Å². The summed E-state index contributed by atoms with van der Waals surface area (Å²) in [6.45, 7) is 14.1. The fourth-order valence-corrected chi connectivity index (χ4v) is 5.14. The third kappa shape index (κ3) is 51.7. The van der Waals surface area contributed by atoms with Crippen LogP contribution in [0, 0.1) is 10.8 Å². The number of allylic oxidation sites excluding steroid dienone is 24. The standard InChI is InChI=1S/C28H44O2.C26H40O2.CH4.K.H2O/c1-5-7-8-9-10-11-12-13-14-15-16-17-18-19-20-21-22-23-24-25-26-28(3,4)27(29)30-6-2;1-4-5-6-7-8-9-10-11-12-13-14-15-16-17-18-19-20-21-22-23-24-26(2,3)25(27)28;;;/h7-8,10-11,13-14,16-17,19-20,22-23H,5-6,9,12,15,18,21,24-26H2,1-4H3;5-6,8-9,11-12,14-15,17-18,20-21H,4,7,10,13,16,19,22-24H2,1-3H3,(H,27,28);1H4;;1H2/q;;;+1;/p-1/b8-7-,11-10-,14-13-,17-16-,20-19-,23-22-;6-5-,9-8-,12-11-,15-14-,18-17-,21-20-;;;. The summed E-state index contributed by atoms with van der Waals surface area (Å²) in [4.78, 5) is 22.8. The maximum atomic E-state index is 11.8. The first-order valence-electron chi connectivity index (χ1n) is 22.3. The average molecular weight is 869 g/mol. The molecule has 0 heterocycles. The van der Waals surface area contributed by atoms with E-state index >= 15 is 0 Å². The Hall–Kier alpha value is -2.58. The van der Waals surface area contributed by atoms with Crippen LogP contribution in [-0.4, -0.2) is 29.1 Å². The number of carboxylic acids is 1. The molecule has 5 nitrogen and oxygen atoms in total. The molecule has 340 valence electrons. The van der Waals surface area contributed by atoms with Gasteiger partial charge in [0, 0.05) is 0 Å². The summed E-state index contributed by atoms with van der Waals surface area (Å²) in [5, 5.41) is 9.06. The number of rotatable bonds is 33. The van der Waals surface area contributed by atoms with Crippen molar-refractivity contribution in [3.8, 4) is 0 Å². The maximum absolute atomic E-state index is 11.8. The fraction of sp³-hybridized carbons (Fsp3) is 0.527. The summed E-state index contributed by atoms with van der Waals surface area (Å²) < 4.78 is 5.12. The van der Waals surface area contributed by atoms with Crippen LogP contribution in [0.1, 0.15) is 171 Å². The predicted octanol–water partition coefficient (Wildman–Crippen LogP) is 13.9. The predicted molar refractivity (Wildman–Crippen MR) is 265 cm³/mol. The fourth-order valence-electron chi connectivity index (χ4n) is 5.14. The molecule has 0 spiro atoms. The quantitative estimate of drug-likeness (QED) is 0.0307. The Morgan fingerprint density at radius 2 is 0.656 bits per heavy atom. The van der Waals surface area contributed by atoms with Gasteiger partial charge in [0.1, 0.15) is 0 Å². The summed E-state index contributed by atoms with van der Waals surface area (Å²) in [5.74, 6) is -0.803. The van der Waals surface area contributed by atoms with E-state index in [9.17, 15) is 9.59 Å². The van der Waals surface area contributed by atoms with Gasteiger partial charge in [-0.2, -0.15) is 0 Å². The largest absolute Gasteiger partial charge is 1.00 e. The molecular formula is C55H89KO5. The Balaban J connectivity index is -0.000000327. The Bertz CT molecular complexity index is 1360. The number of carbonyl (C=O) groups is 2. The van der Waals surface area contributed by atoms with Gasteiger partial charge in [-0.05, 0) is 150 Å². The zero-order valence-electron chi connectivity index (χ0n) is 39.4. The van der Waals surface area contributed by atoms with Crippen molar-refractivity contribution >= 4 is 11.9 Å². The van der Waals surface area contributed by atoms with Crippen molar-refractivity contribution in [1.29, 1.82) is 0 Å². The molecule has 0 saturated carbocycles. The summed E-state index contributed by atoms with van der Waals surface area (Å²) in [6, 6.07) is 0. The normalized spacial score (nSPS) is 12.8. The van der Waals surface area contributed by atoms with Gasteiger partial charge >= 0.3 is 63.3 Å². The van der Waals surface area contributed by atoms with Gasteiger partial charge in [-0.25, -0.2) is 0 Å². The molecule has 0 aliphatic heterocycles. The number of hydrogen-bond donors (Lipinski definition) is 1. The number of unbranched alkanes of at least 4 members (excludes halogenated alkanes) is 2.